The molecule has 1 amide bonds. The second-order valence-corrected chi connectivity index (χ2v) is 12.2. The van der Waals surface area contributed by atoms with E-state index in [9.17, 15) is 21.6 Å². The van der Waals surface area contributed by atoms with E-state index in [1.165, 1.54) is 47.8 Å². The molecular weight excluding hydrogens is 546 g/mol. The van der Waals surface area contributed by atoms with Crippen molar-refractivity contribution in [1.29, 1.82) is 0 Å². The Kier molecular flexibility index (Phi) is 9.07. The van der Waals surface area contributed by atoms with Crippen LogP contribution >= 0.6 is 0 Å². The van der Waals surface area contributed by atoms with Gasteiger partial charge in [0.05, 0.1) is 30.1 Å². The van der Waals surface area contributed by atoms with E-state index >= 15 is 0 Å². The predicted octanol–water partition coefficient (Wildman–Crippen LogP) is 2.21. The van der Waals surface area contributed by atoms with Gasteiger partial charge < -0.3 is 19.5 Å². The maximum absolute atomic E-state index is 12.7. The highest BCUT2D eigenvalue weighted by Crippen LogP contribution is 2.21. The van der Waals surface area contributed by atoms with Crippen molar-refractivity contribution in [2.24, 2.45) is 0 Å². The minimum atomic E-state index is -3.81. The van der Waals surface area contributed by atoms with Crippen molar-refractivity contribution in [3.8, 4) is 11.5 Å². The molecule has 13 heteroatoms. The van der Waals surface area contributed by atoms with E-state index < -0.39 is 26.0 Å². The Bertz CT molecular complexity index is 1470. The highest BCUT2D eigenvalue weighted by atomic mass is 32.2. The van der Waals surface area contributed by atoms with Crippen molar-refractivity contribution < 1.29 is 35.8 Å². The first-order valence-electron chi connectivity index (χ1n) is 12.0. The number of sulfonamides is 2. The molecule has 3 aromatic carbocycles. The third-order valence-electron chi connectivity index (χ3n) is 5.87. The van der Waals surface area contributed by atoms with Crippen LogP contribution in [0.15, 0.2) is 82.6 Å². The summed E-state index contributed by atoms with van der Waals surface area (Å²) in [6.45, 7) is 1.29. The van der Waals surface area contributed by atoms with Crippen LogP contribution in [0, 0.1) is 0 Å². The topological polar surface area (TPSA) is 140 Å². The van der Waals surface area contributed by atoms with E-state index in [0.717, 1.165) is 5.56 Å². The summed E-state index contributed by atoms with van der Waals surface area (Å²) in [5.41, 5.74) is 1.12. The zero-order valence-electron chi connectivity index (χ0n) is 21.2. The van der Waals surface area contributed by atoms with Crippen LogP contribution in [-0.4, -0.2) is 67.1 Å². The minimum absolute atomic E-state index is 0.0363. The lowest BCUT2D eigenvalue weighted by Gasteiger charge is -2.26. The molecule has 2 N–H and O–H groups in total. The molecule has 3 aromatic rings. The van der Waals surface area contributed by atoms with E-state index in [1.807, 2.05) is 0 Å². The molecule has 1 aliphatic heterocycles. The maximum Gasteiger partial charge on any atom is 0.261 e. The Hall–Kier alpha value is -3.65. The van der Waals surface area contributed by atoms with Gasteiger partial charge in [-0.05, 0) is 66.2 Å². The van der Waals surface area contributed by atoms with Crippen molar-refractivity contribution in [1.82, 2.24) is 9.62 Å². The summed E-state index contributed by atoms with van der Waals surface area (Å²) < 4.78 is 70.3. The standard InChI is InChI=1S/C26H29N3O8S2/c1-35-22-6-4-21(5-7-22)28-38(31,32)24-12-8-23(9-13-24)37-19-26(30)27-18-20-2-10-25(11-3-20)39(33,34)29-14-16-36-17-15-29/h2-13,28H,14-19H2,1H3,(H,27,30). The van der Waals surface area contributed by atoms with Crippen LogP contribution in [-0.2, 0) is 36.1 Å². The Morgan fingerprint density at radius 2 is 1.44 bits per heavy atom. The lowest BCUT2D eigenvalue weighted by atomic mass is 10.2. The van der Waals surface area contributed by atoms with Gasteiger partial charge in [0.15, 0.2) is 6.61 Å². The summed E-state index contributed by atoms with van der Waals surface area (Å²) in [4.78, 5) is 12.5. The number of hydrogen-bond acceptors (Lipinski definition) is 8. The molecule has 208 valence electrons. The molecule has 0 radical (unpaired) electrons. The fourth-order valence-electron chi connectivity index (χ4n) is 3.70. The SMILES string of the molecule is COc1ccc(NS(=O)(=O)c2ccc(OCC(=O)NCc3ccc(S(=O)(=O)N4CCOCC4)cc3)cc2)cc1. The minimum Gasteiger partial charge on any atom is -0.497 e. The van der Waals surface area contributed by atoms with Crippen molar-refractivity contribution in [3.05, 3.63) is 78.4 Å². The van der Waals surface area contributed by atoms with Gasteiger partial charge in [-0.2, -0.15) is 4.31 Å². The molecule has 1 saturated heterocycles. The van der Waals surface area contributed by atoms with Crippen LogP contribution in [0.2, 0.25) is 0 Å². The first-order chi connectivity index (χ1) is 18.7. The van der Waals surface area contributed by atoms with Crippen LogP contribution in [0.1, 0.15) is 5.56 Å². The van der Waals surface area contributed by atoms with Gasteiger partial charge in [0.1, 0.15) is 11.5 Å². The lowest BCUT2D eigenvalue weighted by Crippen LogP contribution is -2.40. The van der Waals surface area contributed by atoms with E-state index in [1.54, 1.807) is 36.4 Å². The fourth-order valence-corrected chi connectivity index (χ4v) is 6.17. The number of carbonyl (C=O) groups excluding carboxylic acids is 1. The van der Waals surface area contributed by atoms with E-state index in [0.29, 0.717) is 43.5 Å². The third-order valence-corrected chi connectivity index (χ3v) is 9.18. The van der Waals surface area contributed by atoms with Crippen molar-refractivity contribution in [2.45, 2.75) is 16.3 Å². The van der Waals surface area contributed by atoms with Gasteiger partial charge in [-0.25, -0.2) is 16.8 Å². The van der Waals surface area contributed by atoms with Gasteiger partial charge in [-0.1, -0.05) is 12.1 Å². The predicted molar refractivity (Wildman–Crippen MR) is 144 cm³/mol. The molecule has 4 rings (SSSR count). The molecule has 0 spiro atoms. The second kappa shape index (κ2) is 12.5. The number of ether oxygens (including phenoxy) is 3. The normalized spacial score (nSPS) is 14.4. The Labute approximate surface area is 227 Å². The quantitative estimate of drug-likeness (QED) is 0.355. The van der Waals surface area contributed by atoms with Gasteiger partial charge in [0.25, 0.3) is 15.9 Å². The summed E-state index contributed by atoms with van der Waals surface area (Å²) in [7, 11) is -5.87. The number of morpholine rings is 1. The summed E-state index contributed by atoms with van der Waals surface area (Å²) in [5.74, 6) is 0.542. The second-order valence-electron chi connectivity index (χ2n) is 8.53. The summed E-state index contributed by atoms with van der Waals surface area (Å²) >= 11 is 0. The van der Waals surface area contributed by atoms with Crippen LogP contribution in [0.4, 0.5) is 5.69 Å². The maximum atomic E-state index is 12.7. The molecule has 39 heavy (non-hydrogen) atoms. The van der Waals surface area contributed by atoms with E-state index in [4.69, 9.17) is 14.2 Å². The van der Waals surface area contributed by atoms with Crippen LogP contribution in [0.5, 0.6) is 11.5 Å². The molecule has 0 atom stereocenters. The van der Waals surface area contributed by atoms with Crippen LogP contribution in [0.25, 0.3) is 0 Å². The monoisotopic (exact) mass is 575 g/mol. The molecule has 0 bridgehead atoms. The average molecular weight is 576 g/mol. The van der Waals surface area contributed by atoms with Crippen LogP contribution in [0.3, 0.4) is 0 Å². The summed E-state index contributed by atoms with van der Waals surface area (Å²) in [6.07, 6.45) is 0. The molecule has 11 nitrogen and oxygen atoms in total. The van der Waals surface area contributed by atoms with Crippen molar-refractivity contribution >= 4 is 31.6 Å². The number of rotatable bonds is 11. The Balaban J connectivity index is 1.25. The van der Waals surface area contributed by atoms with Gasteiger partial charge in [-0.15, -0.1) is 0 Å². The molecule has 0 unspecified atom stereocenters. The number of hydrogen-bond donors (Lipinski definition) is 2. The molecule has 0 aromatic heterocycles. The Morgan fingerprint density at radius 3 is 2.05 bits per heavy atom. The zero-order chi connectivity index (χ0) is 27.9. The molecule has 1 fully saturated rings. The number of anilines is 1. The highest BCUT2D eigenvalue weighted by Gasteiger charge is 2.26. The third kappa shape index (κ3) is 7.47. The van der Waals surface area contributed by atoms with E-state index in [2.05, 4.69) is 10.0 Å². The first-order valence-corrected chi connectivity index (χ1v) is 14.9. The summed E-state index contributed by atoms with van der Waals surface area (Å²) in [6, 6.07) is 18.5. The molecule has 0 aliphatic carbocycles. The number of benzene rings is 3. The first kappa shape index (κ1) is 28.4. The summed E-state index contributed by atoms with van der Waals surface area (Å²) in [5, 5.41) is 2.71. The van der Waals surface area contributed by atoms with Crippen LogP contribution < -0.4 is 19.5 Å². The number of carbonyl (C=O) groups is 1. The van der Waals surface area contributed by atoms with Gasteiger partial charge in [0.2, 0.25) is 10.0 Å². The smallest absolute Gasteiger partial charge is 0.261 e. The van der Waals surface area contributed by atoms with Gasteiger partial charge in [0, 0.05) is 25.3 Å². The highest BCUT2D eigenvalue weighted by molar-refractivity contribution is 7.92. The zero-order valence-corrected chi connectivity index (χ0v) is 22.8. The molecular formula is C26H29N3O8S2. The average Bonchev–Trinajstić information content (AvgIpc) is 2.96. The number of amides is 1. The fraction of sp³-hybridized carbons (Fsp3) is 0.269. The lowest BCUT2D eigenvalue weighted by molar-refractivity contribution is -0.123. The molecule has 1 aliphatic rings. The van der Waals surface area contributed by atoms with Crippen molar-refractivity contribution in [2.75, 3.05) is 44.7 Å². The van der Waals surface area contributed by atoms with Gasteiger partial charge >= 0.3 is 0 Å². The van der Waals surface area contributed by atoms with Crippen molar-refractivity contribution in [3.63, 3.8) is 0 Å². The van der Waals surface area contributed by atoms with E-state index in [-0.39, 0.29) is 22.9 Å². The number of methoxy groups -OCH3 is 1. The van der Waals surface area contributed by atoms with Gasteiger partial charge in [-0.3, -0.25) is 9.52 Å². The molecule has 1 heterocycles. The number of nitrogens with zero attached hydrogens (tertiary/aromatic N) is 1. The molecule has 0 saturated carbocycles. The number of nitrogens with one attached hydrogen (secondary N) is 2. The Morgan fingerprint density at radius 1 is 0.846 bits per heavy atom. The largest absolute Gasteiger partial charge is 0.497 e.